The van der Waals surface area contributed by atoms with Crippen molar-refractivity contribution in [2.24, 2.45) is 5.92 Å². The fourth-order valence-corrected chi connectivity index (χ4v) is 2.53. The molecular weight excluding hydrogens is 216 g/mol. The molecular formula is C13H28N2O2. The summed E-state index contributed by atoms with van der Waals surface area (Å²) < 4.78 is 0. The Kier molecular flexibility index (Phi) is 7.04. The van der Waals surface area contributed by atoms with Crippen molar-refractivity contribution in [1.82, 2.24) is 10.2 Å². The van der Waals surface area contributed by atoms with Gasteiger partial charge in [-0.15, -0.1) is 0 Å². The fraction of sp³-hybridized carbons (Fsp3) is 1.00. The van der Waals surface area contributed by atoms with Crippen LogP contribution in [0.2, 0.25) is 0 Å². The van der Waals surface area contributed by atoms with E-state index in [1.165, 1.54) is 19.3 Å². The van der Waals surface area contributed by atoms with Crippen molar-refractivity contribution in [3.05, 3.63) is 0 Å². The minimum Gasteiger partial charge on any atom is -0.394 e. The van der Waals surface area contributed by atoms with Gasteiger partial charge < -0.3 is 20.4 Å². The van der Waals surface area contributed by atoms with Gasteiger partial charge in [0.05, 0.1) is 12.7 Å². The van der Waals surface area contributed by atoms with Gasteiger partial charge in [-0.05, 0) is 51.7 Å². The number of hydrogen-bond donors (Lipinski definition) is 3. The number of β-amino-alcohol motifs (C(OH)–C–C–N with tert-alkyl or cyclic N) is 1. The van der Waals surface area contributed by atoms with Crippen LogP contribution < -0.4 is 5.32 Å². The smallest absolute Gasteiger partial charge is 0.0897 e. The van der Waals surface area contributed by atoms with Crippen molar-refractivity contribution in [3.63, 3.8) is 0 Å². The standard InChI is InChI=1S/C13H28N2O2/c1-3-6-14-11(2)12-4-7-15(8-5-12)9-13(17)10-16/h11-14,16-17H,3-10H2,1-2H3. The molecule has 0 amide bonds. The van der Waals surface area contributed by atoms with Crippen molar-refractivity contribution in [2.75, 3.05) is 32.8 Å². The van der Waals surface area contributed by atoms with E-state index in [-0.39, 0.29) is 6.61 Å². The van der Waals surface area contributed by atoms with Crippen molar-refractivity contribution in [2.45, 2.75) is 45.3 Å². The van der Waals surface area contributed by atoms with Crippen molar-refractivity contribution in [1.29, 1.82) is 0 Å². The molecule has 1 aliphatic heterocycles. The highest BCUT2D eigenvalue weighted by Crippen LogP contribution is 2.20. The monoisotopic (exact) mass is 244 g/mol. The van der Waals surface area contributed by atoms with E-state index in [1.54, 1.807) is 0 Å². The highest BCUT2D eigenvalue weighted by Gasteiger charge is 2.24. The predicted octanol–water partition coefficient (Wildman–Crippen LogP) is 0.440. The molecule has 102 valence electrons. The third-order valence-corrected chi connectivity index (χ3v) is 3.74. The number of aliphatic hydroxyl groups is 2. The summed E-state index contributed by atoms with van der Waals surface area (Å²) in [5.74, 6) is 0.754. The maximum atomic E-state index is 9.40. The number of rotatable bonds is 7. The van der Waals surface area contributed by atoms with Crippen LogP contribution in [0.15, 0.2) is 0 Å². The largest absolute Gasteiger partial charge is 0.394 e. The maximum absolute atomic E-state index is 9.40. The highest BCUT2D eigenvalue weighted by atomic mass is 16.3. The predicted molar refractivity (Wildman–Crippen MR) is 70.0 cm³/mol. The second-order valence-corrected chi connectivity index (χ2v) is 5.22. The van der Waals surface area contributed by atoms with Crippen LogP contribution in [-0.2, 0) is 0 Å². The van der Waals surface area contributed by atoms with Crippen molar-refractivity contribution >= 4 is 0 Å². The van der Waals surface area contributed by atoms with Gasteiger partial charge in [-0.2, -0.15) is 0 Å². The molecule has 17 heavy (non-hydrogen) atoms. The minimum absolute atomic E-state index is 0.131. The Morgan fingerprint density at radius 1 is 1.35 bits per heavy atom. The summed E-state index contributed by atoms with van der Waals surface area (Å²) in [7, 11) is 0. The Labute approximate surface area is 105 Å². The fourth-order valence-electron chi connectivity index (χ4n) is 2.53. The molecule has 0 aliphatic carbocycles. The van der Waals surface area contributed by atoms with Crippen LogP contribution in [-0.4, -0.2) is 60.0 Å². The van der Waals surface area contributed by atoms with E-state index in [0.29, 0.717) is 12.6 Å². The number of aliphatic hydroxyl groups excluding tert-OH is 2. The molecule has 1 fully saturated rings. The molecule has 1 saturated heterocycles. The molecule has 0 saturated carbocycles. The van der Waals surface area contributed by atoms with E-state index in [4.69, 9.17) is 5.11 Å². The van der Waals surface area contributed by atoms with Gasteiger partial charge in [0.2, 0.25) is 0 Å². The lowest BCUT2D eigenvalue weighted by Gasteiger charge is -2.35. The highest BCUT2D eigenvalue weighted by molar-refractivity contribution is 4.80. The summed E-state index contributed by atoms with van der Waals surface area (Å²) in [6.07, 6.45) is 2.99. The number of nitrogens with zero attached hydrogens (tertiary/aromatic N) is 1. The van der Waals surface area contributed by atoms with Gasteiger partial charge in [-0.3, -0.25) is 0 Å². The molecule has 1 rings (SSSR count). The van der Waals surface area contributed by atoms with Gasteiger partial charge in [0.25, 0.3) is 0 Å². The topological polar surface area (TPSA) is 55.7 Å². The Hall–Kier alpha value is -0.160. The van der Waals surface area contributed by atoms with E-state index < -0.39 is 6.10 Å². The second-order valence-electron chi connectivity index (χ2n) is 5.22. The Morgan fingerprint density at radius 3 is 2.53 bits per heavy atom. The van der Waals surface area contributed by atoms with Crippen LogP contribution in [0.4, 0.5) is 0 Å². The first kappa shape index (κ1) is 14.9. The Morgan fingerprint density at radius 2 is 2.00 bits per heavy atom. The molecule has 0 aromatic carbocycles. The Balaban J connectivity index is 2.20. The average Bonchev–Trinajstić information content (AvgIpc) is 2.36. The molecule has 0 bridgehead atoms. The molecule has 2 unspecified atom stereocenters. The van der Waals surface area contributed by atoms with Crippen LogP contribution in [0, 0.1) is 5.92 Å². The van der Waals surface area contributed by atoms with Gasteiger partial charge in [-0.1, -0.05) is 6.92 Å². The van der Waals surface area contributed by atoms with Crippen LogP contribution in [0.5, 0.6) is 0 Å². The summed E-state index contributed by atoms with van der Waals surface area (Å²) in [6, 6.07) is 0.597. The number of hydrogen-bond acceptors (Lipinski definition) is 4. The van der Waals surface area contributed by atoms with Gasteiger partial charge in [0, 0.05) is 12.6 Å². The van der Waals surface area contributed by atoms with Crippen molar-refractivity contribution in [3.8, 4) is 0 Å². The van der Waals surface area contributed by atoms with Crippen LogP contribution in [0.25, 0.3) is 0 Å². The van der Waals surface area contributed by atoms with E-state index in [1.807, 2.05) is 0 Å². The van der Waals surface area contributed by atoms with Gasteiger partial charge in [0.1, 0.15) is 0 Å². The average molecular weight is 244 g/mol. The molecule has 0 aromatic rings. The number of likely N-dealkylation sites (tertiary alicyclic amines) is 1. The van der Waals surface area contributed by atoms with Crippen LogP contribution >= 0.6 is 0 Å². The molecule has 4 nitrogen and oxygen atoms in total. The summed E-state index contributed by atoms with van der Waals surface area (Å²) in [6.45, 7) is 8.13. The lowest BCUT2D eigenvalue weighted by molar-refractivity contribution is 0.0450. The molecule has 0 radical (unpaired) electrons. The SMILES string of the molecule is CCCNC(C)C1CCN(CC(O)CO)CC1. The maximum Gasteiger partial charge on any atom is 0.0897 e. The molecule has 2 atom stereocenters. The first-order chi connectivity index (χ1) is 8.17. The quantitative estimate of drug-likeness (QED) is 0.608. The summed E-state index contributed by atoms with van der Waals surface area (Å²) in [5, 5.41) is 21.8. The second kappa shape index (κ2) is 8.03. The molecule has 1 aliphatic rings. The molecule has 3 N–H and O–H groups in total. The molecule has 0 spiro atoms. The van der Waals surface area contributed by atoms with Crippen LogP contribution in [0.3, 0.4) is 0 Å². The van der Waals surface area contributed by atoms with E-state index in [2.05, 4.69) is 24.1 Å². The zero-order valence-electron chi connectivity index (χ0n) is 11.2. The lowest BCUT2D eigenvalue weighted by Crippen LogP contribution is -2.44. The zero-order chi connectivity index (χ0) is 12.7. The Bertz CT molecular complexity index is 194. The normalized spacial score (nSPS) is 22.6. The summed E-state index contributed by atoms with van der Waals surface area (Å²) >= 11 is 0. The van der Waals surface area contributed by atoms with E-state index in [0.717, 1.165) is 25.6 Å². The first-order valence-electron chi connectivity index (χ1n) is 6.92. The van der Waals surface area contributed by atoms with E-state index >= 15 is 0 Å². The van der Waals surface area contributed by atoms with Crippen LogP contribution in [0.1, 0.15) is 33.1 Å². The van der Waals surface area contributed by atoms with E-state index in [9.17, 15) is 5.11 Å². The molecule has 0 aromatic heterocycles. The van der Waals surface area contributed by atoms with Crippen molar-refractivity contribution < 1.29 is 10.2 Å². The summed E-state index contributed by atoms with van der Waals surface area (Å²) in [5.41, 5.74) is 0. The number of piperidine rings is 1. The third kappa shape index (κ3) is 5.34. The van der Waals surface area contributed by atoms with Gasteiger partial charge in [-0.25, -0.2) is 0 Å². The van der Waals surface area contributed by atoms with Gasteiger partial charge >= 0.3 is 0 Å². The third-order valence-electron chi connectivity index (χ3n) is 3.74. The molecule has 4 heteroatoms. The zero-order valence-corrected chi connectivity index (χ0v) is 11.2. The van der Waals surface area contributed by atoms with Gasteiger partial charge in [0.15, 0.2) is 0 Å². The first-order valence-corrected chi connectivity index (χ1v) is 6.92. The molecule has 1 heterocycles. The summed E-state index contributed by atoms with van der Waals surface area (Å²) in [4.78, 5) is 2.25. The number of nitrogens with one attached hydrogen (secondary N) is 1. The lowest BCUT2D eigenvalue weighted by atomic mass is 9.90. The minimum atomic E-state index is -0.581.